The molecule has 0 aliphatic heterocycles. The van der Waals surface area contributed by atoms with E-state index in [-0.39, 0.29) is 5.56 Å². The Morgan fingerprint density at radius 2 is 1.83 bits per heavy atom. The van der Waals surface area contributed by atoms with E-state index in [9.17, 15) is 24.3 Å². The van der Waals surface area contributed by atoms with Crippen molar-refractivity contribution in [3.63, 3.8) is 0 Å². The summed E-state index contributed by atoms with van der Waals surface area (Å²) < 4.78 is 6.16. The highest BCUT2D eigenvalue weighted by molar-refractivity contribution is 5.97. The lowest BCUT2D eigenvalue weighted by molar-refractivity contribution is -0.143. The van der Waals surface area contributed by atoms with E-state index in [4.69, 9.17) is 0 Å². The quantitative estimate of drug-likeness (QED) is 0.577. The number of methoxy groups -OCH3 is 1. The third kappa shape index (κ3) is 5.84. The lowest BCUT2D eigenvalue weighted by Crippen LogP contribution is -2.51. The minimum Gasteiger partial charge on any atom is -0.480 e. The second-order valence-corrected chi connectivity index (χ2v) is 8.06. The van der Waals surface area contributed by atoms with E-state index >= 15 is 0 Å². The summed E-state index contributed by atoms with van der Waals surface area (Å²) in [5, 5.41) is 14.3. The lowest BCUT2D eigenvalue weighted by Gasteiger charge is -2.23. The van der Waals surface area contributed by atoms with Crippen molar-refractivity contribution in [1.29, 1.82) is 0 Å². The third-order valence-corrected chi connectivity index (χ3v) is 5.32. The highest BCUT2D eigenvalue weighted by Crippen LogP contribution is 2.21. The summed E-state index contributed by atoms with van der Waals surface area (Å²) in [5.74, 6) is -1.88. The highest BCUT2D eigenvalue weighted by Gasteiger charge is 2.31. The van der Waals surface area contributed by atoms with E-state index in [2.05, 4.69) is 15.4 Å². The van der Waals surface area contributed by atoms with Crippen molar-refractivity contribution in [2.75, 3.05) is 13.7 Å². The molecular weight excluding hydrogens is 390 g/mol. The first-order valence-corrected chi connectivity index (χ1v) is 10.3. The zero-order valence-electron chi connectivity index (χ0n) is 17.9. The Morgan fingerprint density at radius 1 is 1.17 bits per heavy atom. The molecule has 0 saturated heterocycles. The van der Waals surface area contributed by atoms with Crippen LogP contribution in [0.15, 0.2) is 10.9 Å². The van der Waals surface area contributed by atoms with E-state index in [1.54, 1.807) is 10.6 Å². The molecule has 1 aliphatic rings. The van der Waals surface area contributed by atoms with E-state index in [1.807, 2.05) is 0 Å². The number of carboxylic acids is 1. The molecule has 1 heterocycles. The molecule has 9 heteroatoms. The molecule has 0 atom stereocenters. The van der Waals surface area contributed by atoms with Crippen molar-refractivity contribution >= 4 is 18.0 Å². The van der Waals surface area contributed by atoms with Crippen LogP contribution in [0.5, 0.6) is 0 Å². The number of hydrogen-bond acceptors (Lipinski definition) is 5. The maximum atomic E-state index is 13.2. The first-order valence-electron chi connectivity index (χ1n) is 10.3. The molecule has 166 valence electrons. The second-order valence-electron chi connectivity index (χ2n) is 8.06. The maximum Gasteiger partial charge on any atom is 0.406 e. The summed E-state index contributed by atoms with van der Waals surface area (Å²) in [7, 11) is 1.28. The van der Waals surface area contributed by atoms with Gasteiger partial charge in [0, 0.05) is 18.8 Å². The standard InChI is InChI=1S/C21H31N3O6/c1-21(2,19(27)28)23-17(25)15-13-14-9-6-4-5-7-10-16(14)24(18(15)26)12-8-11-22-20(29)30-3/h13H,4-12H2,1-3H3,(H,22,29)(H,23,25)(H,27,28). The number of aliphatic carboxylic acids is 1. The number of nitrogens with one attached hydrogen (secondary N) is 2. The molecule has 0 aromatic carbocycles. The largest absolute Gasteiger partial charge is 0.480 e. The van der Waals surface area contributed by atoms with Crippen LogP contribution in [0.2, 0.25) is 0 Å². The summed E-state index contributed by atoms with van der Waals surface area (Å²) in [6, 6.07) is 1.62. The van der Waals surface area contributed by atoms with Crippen molar-refractivity contribution in [2.24, 2.45) is 0 Å². The number of carbonyl (C=O) groups is 3. The molecular formula is C21H31N3O6. The van der Waals surface area contributed by atoms with Crippen LogP contribution in [-0.4, -0.2) is 46.8 Å². The van der Waals surface area contributed by atoms with Gasteiger partial charge >= 0.3 is 12.1 Å². The molecule has 1 aromatic heterocycles. The number of aryl methyl sites for hydroxylation is 1. The zero-order valence-corrected chi connectivity index (χ0v) is 17.9. The fourth-order valence-corrected chi connectivity index (χ4v) is 3.54. The number of carboxylic acid groups (broad SMARTS) is 1. The Morgan fingerprint density at radius 3 is 2.47 bits per heavy atom. The summed E-state index contributed by atoms with van der Waals surface area (Å²) in [6.45, 7) is 3.42. The summed E-state index contributed by atoms with van der Waals surface area (Å²) in [4.78, 5) is 48.5. The van der Waals surface area contributed by atoms with Crippen LogP contribution in [-0.2, 0) is 28.9 Å². The molecule has 3 N–H and O–H groups in total. The smallest absolute Gasteiger partial charge is 0.406 e. The van der Waals surface area contributed by atoms with Crippen molar-refractivity contribution in [2.45, 2.75) is 70.9 Å². The second kappa shape index (κ2) is 10.3. The first kappa shape index (κ1) is 23.4. The molecule has 1 aromatic rings. The van der Waals surface area contributed by atoms with Gasteiger partial charge in [-0.05, 0) is 57.6 Å². The van der Waals surface area contributed by atoms with E-state index in [0.717, 1.165) is 49.8 Å². The molecule has 30 heavy (non-hydrogen) atoms. The normalized spacial score (nSPS) is 14.1. The Balaban J connectivity index is 2.37. The molecule has 0 unspecified atom stereocenters. The number of amides is 2. The van der Waals surface area contributed by atoms with Crippen LogP contribution in [0.3, 0.4) is 0 Å². The fraction of sp³-hybridized carbons (Fsp3) is 0.619. The highest BCUT2D eigenvalue weighted by atomic mass is 16.5. The van der Waals surface area contributed by atoms with Gasteiger partial charge in [-0.25, -0.2) is 9.59 Å². The predicted octanol–water partition coefficient (Wildman–Crippen LogP) is 1.85. The number of alkyl carbamates (subject to hydrolysis) is 1. The van der Waals surface area contributed by atoms with Gasteiger partial charge in [-0.2, -0.15) is 0 Å². The number of nitrogens with zero attached hydrogens (tertiary/aromatic N) is 1. The predicted molar refractivity (Wildman–Crippen MR) is 111 cm³/mol. The topological polar surface area (TPSA) is 127 Å². The van der Waals surface area contributed by atoms with Crippen molar-refractivity contribution in [1.82, 2.24) is 15.2 Å². The van der Waals surface area contributed by atoms with Crippen LogP contribution in [0.1, 0.15) is 67.6 Å². The monoisotopic (exact) mass is 421 g/mol. The van der Waals surface area contributed by atoms with Crippen LogP contribution in [0.4, 0.5) is 4.79 Å². The first-order chi connectivity index (χ1) is 14.2. The molecule has 0 bridgehead atoms. The number of rotatable bonds is 7. The van der Waals surface area contributed by atoms with Gasteiger partial charge in [-0.15, -0.1) is 0 Å². The van der Waals surface area contributed by atoms with E-state index < -0.39 is 29.1 Å². The van der Waals surface area contributed by atoms with Gasteiger partial charge < -0.3 is 25.0 Å². The maximum absolute atomic E-state index is 13.2. The summed E-state index contributed by atoms with van der Waals surface area (Å²) in [5.41, 5.74) is -0.112. The van der Waals surface area contributed by atoms with Gasteiger partial charge in [0.2, 0.25) is 0 Å². The number of aromatic nitrogens is 1. The number of carbonyl (C=O) groups excluding carboxylic acids is 2. The molecule has 1 aliphatic carbocycles. The molecule has 0 fully saturated rings. The van der Waals surface area contributed by atoms with Crippen LogP contribution in [0.25, 0.3) is 0 Å². The number of pyridine rings is 1. The van der Waals surface area contributed by atoms with Crippen LogP contribution >= 0.6 is 0 Å². The van der Waals surface area contributed by atoms with Crippen molar-refractivity contribution in [3.8, 4) is 0 Å². The van der Waals surface area contributed by atoms with Crippen molar-refractivity contribution < 1.29 is 24.2 Å². The summed E-state index contributed by atoms with van der Waals surface area (Å²) in [6.07, 6.45) is 5.58. The average molecular weight is 421 g/mol. The average Bonchev–Trinajstić information content (AvgIpc) is 2.66. The van der Waals surface area contributed by atoms with Gasteiger partial charge in [0.05, 0.1) is 7.11 Å². The SMILES string of the molecule is COC(=O)NCCCn1c2c(cc(C(=O)NC(C)(C)C(=O)O)c1=O)CCCCCC2. The minimum atomic E-state index is -1.50. The molecule has 0 saturated carbocycles. The molecule has 9 nitrogen and oxygen atoms in total. The van der Waals surface area contributed by atoms with E-state index in [0.29, 0.717) is 19.5 Å². The van der Waals surface area contributed by atoms with E-state index in [1.165, 1.54) is 21.0 Å². The molecule has 2 rings (SSSR count). The molecule has 2 amide bonds. The van der Waals surface area contributed by atoms with Crippen LogP contribution < -0.4 is 16.2 Å². The fourth-order valence-electron chi connectivity index (χ4n) is 3.54. The van der Waals surface area contributed by atoms with Crippen molar-refractivity contribution in [3.05, 3.63) is 33.2 Å². The molecule has 0 spiro atoms. The Labute approximate surface area is 175 Å². The molecule has 0 radical (unpaired) electrons. The van der Waals surface area contributed by atoms with Gasteiger partial charge in [0.15, 0.2) is 0 Å². The third-order valence-electron chi connectivity index (χ3n) is 5.32. The van der Waals surface area contributed by atoms with Gasteiger partial charge in [0.1, 0.15) is 11.1 Å². The number of fused-ring (bicyclic) bond motifs is 1. The Kier molecular flexibility index (Phi) is 8.02. The zero-order chi connectivity index (χ0) is 22.3. The lowest BCUT2D eigenvalue weighted by atomic mass is 9.95. The number of ether oxygens (including phenoxy) is 1. The van der Waals surface area contributed by atoms with Crippen LogP contribution in [0, 0.1) is 0 Å². The summed E-state index contributed by atoms with van der Waals surface area (Å²) >= 11 is 0. The Hall–Kier alpha value is -2.84. The van der Waals surface area contributed by atoms with Gasteiger partial charge in [-0.3, -0.25) is 9.59 Å². The number of hydrogen-bond donors (Lipinski definition) is 3. The Bertz CT molecular complexity index is 859. The van der Waals surface area contributed by atoms with Gasteiger partial charge in [0.25, 0.3) is 11.5 Å². The van der Waals surface area contributed by atoms with Gasteiger partial charge in [-0.1, -0.05) is 12.8 Å². The minimum absolute atomic E-state index is 0.0513.